The lowest BCUT2D eigenvalue weighted by molar-refractivity contribution is -0.123. The van der Waals surface area contributed by atoms with Crippen LogP contribution in [0.25, 0.3) is 0 Å². The van der Waals surface area contributed by atoms with Gasteiger partial charge in [-0.1, -0.05) is 42.5 Å². The molecule has 0 saturated carbocycles. The van der Waals surface area contributed by atoms with E-state index in [1.165, 1.54) is 0 Å². The Labute approximate surface area is 177 Å². The van der Waals surface area contributed by atoms with E-state index in [0.717, 1.165) is 11.1 Å². The molecule has 7 nitrogen and oxygen atoms in total. The van der Waals surface area contributed by atoms with E-state index in [9.17, 15) is 14.7 Å². The Morgan fingerprint density at radius 1 is 1.10 bits per heavy atom. The monoisotopic (exact) mass is 421 g/mol. The number of nitrogens with two attached hydrogens (primary N) is 1. The predicted molar refractivity (Wildman–Crippen MR) is 114 cm³/mol. The van der Waals surface area contributed by atoms with Gasteiger partial charge in [0.1, 0.15) is 12.4 Å². The summed E-state index contributed by atoms with van der Waals surface area (Å²) in [5, 5.41) is 14.8. The molecule has 0 radical (unpaired) electrons. The van der Waals surface area contributed by atoms with Crippen LogP contribution in [-0.4, -0.2) is 29.7 Å². The maximum atomic E-state index is 12.2. The fourth-order valence-corrected chi connectivity index (χ4v) is 2.58. The minimum absolute atomic E-state index is 0. The standard InChI is InChI=1S/C21H27N3O4.ClH/c1-15(17-9-11-18(25)12-10-17)24-20(26)19(22)8-5-13-23-21(27)28-14-16-6-3-2-4-7-16;/h2-4,6-7,9-12,15,19,25H,5,8,13-14,22H2,1H3,(H,23,27)(H,24,26);1H/t15-,19+;/m1./s1. The van der Waals surface area contributed by atoms with Gasteiger partial charge in [-0.15, -0.1) is 12.4 Å². The second-order valence-electron chi connectivity index (χ2n) is 6.56. The van der Waals surface area contributed by atoms with E-state index in [2.05, 4.69) is 10.6 Å². The first-order chi connectivity index (χ1) is 13.5. The Morgan fingerprint density at radius 3 is 2.41 bits per heavy atom. The normalized spacial score (nSPS) is 12.2. The van der Waals surface area contributed by atoms with Gasteiger partial charge >= 0.3 is 6.09 Å². The molecule has 0 heterocycles. The number of rotatable bonds is 9. The van der Waals surface area contributed by atoms with Crippen molar-refractivity contribution < 1.29 is 19.4 Å². The van der Waals surface area contributed by atoms with E-state index in [0.29, 0.717) is 19.4 Å². The zero-order valence-corrected chi connectivity index (χ0v) is 17.2. The van der Waals surface area contributed by atoms with Gasteiger partial charge in [0.25, 0.3) is 0 Å². The van der Waals surface area contributed by atoms with Crippen molar-refractivity contribution in [1.29, 1.82) is 0 Å². The quantitative estimate of drug-likeness (QED) is 0.465. The zero-order valence-electron chi connectivity index (χ0n) is 16.3. The Hall–Kier alpha value is -2.77. The molecule has 2 aromatic rings. The summed E-state index contributed by atoms with van der Waals surface area (Å²) in [4.78, 5) is 23.8. The van der Waals surface area contributed by atoms with Crippen LogP contribution in [0.15, 0.2) is 54.6 Å². The van der Waals surface area contributed by atoms with Gasteiger partial charge in [0.05, 0.1) is 12.1 Å². The van der Waals surface area contributed by atoms with Crippen LogP contribution >= 0.6 is 12.4 Å². The van der Waals surface area contributed by atoms with E-state index in [1.807, 2.05) is 37.3 Å². The third-order valence-electron chi connectivity index (χ3n) is 4.26. The van der Waals surface area contributed by atoms with Gasteiger partial charge in [-0.3, -0.25) is 4.79 Å². The van der Waals surface area contributed by atoms with Crippen LogP contribution in [0.1, 0.15) is 36.9 Å². The molecule has 0 aliphatic rings. The number of aromatic hydroxyl groups is 1. The largest absolute Gasteiger partial charge is 0.508 e. The summed E-state index contributed by atoms with van der Waals surface area (Å²) in [6.07, 6.45) is 0.498. The first-order valence-electron chi connectivity index (χ1n) is 9.25. The zero-order chi connectivity index (χ0) is 20.4. The van der Waals surface area contributed by atoms with Crippen LogP contribution in [0.5, 0.6) is 5.75 Å². The van der Waals surface area contributed by atoms with Crippen molar-refractivity contribution in [3.63, 3.8) is 0 Å². The highest BCUT2D eigenvalue weighted by Gasteiger charge is 2.16. The summed E-state index contributed by atoms with van der Waals surface area (Å²) in [6.45, 7) is 2.44. The summed E-state index contributed by atoms with van der Waals surface area (Å²) < 4.78 is 5.11. The molecule has 0 saturated heterocycles. The molecular formula is C21H28ClN3O4. The smallest absolute Gasteiger partial charge is 0.407 e. The maximum Gasteiger partial charge on any atom is 0.407 e. The number of carbonyl (C=O) groups excluding carboxylic acids is 2. The molecule has 158 valence electrons. The Morgan fingerprint density at radius 2 is 1.76 bits per heavy atom. The number of amides is 2. The summed E-state index contributed by atoms with van der Waals surface area (Å²) >= 11 is 0. The number of hydrogen-bond donors (Lipinski definition) is 4. The van der Waals surface area contributed by atoms with Crippen molar-refractivity contribution in [3.05, 3.63) is 65.7 Å². The molecule has 0 fully saturated rings. The van der Waals surface area contributed by atoms with Gasteiger partial charge in [0.15, 0.2) is 0 Å². The molecule has 5 N–H and O–H groups in total. The summed E-state index contributed by atoms with van der Waals surface area (Å²) in [5.41, 5.74) is 7.72. The molecule has 8 heteroatoms. The van der Waals surface area contributed by atoms with Gasteiger partial charge < -0.3 is 26.2 Å². The number of phenolic OH excluding ortho intramolecular Hbond substituents is 1. The number of ether oxygens (including phenoxy) is 1. The van der Waals surface area contributed by atoms with E-state index in [1.54, 1.807) is 24.3 Å². The molecule has 2 amide bonds. The molecule has 0 spiro atoms. The Balaban J connectivity index is 0.00000420. The highest BCUT2D eigenvalue weighted by atomic mass is 35.5. The highest BCUT2D eigenvalue weighted by molar-refractivity contribution is 5.85. The summed E-state index contributed by atoms with van der Waals surface area (Å²) in [5.74, 6) is -0.0824. The predicted octanol–water partition coefficient (Wildman–Crippen LogP) is 3.03. The van der Waals surface area contributed by atoms with Crippen LogP contribution in [0.4, 0.5) is 4.79 Å². The van der Waals surface area contributed by atoms with Crippen LogP contribution in [0.2, 0.25) is 0 Å². The molecule has 0 aliphatic heterocycles. The third kappa shape index (κ3) is 8.85. The lowest BCUT2D eigenvalue weighted by Crippen LogP contribution is -2.42. The van der Waals surface area contributed by atoms with E-state index >= 15 is 0 Å². The number of hydrogen-bond acceptors (Lipinski definition) is 5. The molecule has 0 unspecified atom stereocenters. The Kier molecular flexibility index (Phi) is 10.6. The molecule has 2 atom stereocenters. The van der Waals surface area contributed by atoms with Crippen molar-refractivity contribution in [2.75, 3.05) is 6.54 Å². The fourth-order valence-electron chi connectivity index (χ4n) is 2.58. The van der Waals surface area contributed by atoms with Gasteiger partial charge in [-0.25, -0.2) is 4.79 Å². The third-order valence-corrected chi connectivity index (χ3v) is 4.26. The number of halogens is 1. The molecule has 0 bridgehead atoms. The molecule has 29 heavy (non-hydrogen) atoms. The van der Waals surface area contributed by atoms with Gasteiger partial charge in [-0.05, 0) is 43.0 Å². The van der Waals surface area contributed by atoms with Crippen LogP contribution in [0.3, 0.4) is 0 Å². The lowest BCUT2D eigenvalue weighted by atomic mass is 10.1. The number of benzene rings is 2. The average molecular weight is 422 g/mol. The summed E-state index contributed by atoms with van der Waals surface area (Å²) in [7, 11) is 0. The van der Waals surface area contributed by atoms with Gasteiger partial charge in [0, 0.05) is 6.54 Å². The first-order valence-corrected chi connectivity index (χ1v) is 9.25. The molecule has 0 aromatic heterocycles. The Bertz CT molecular complexity index is 756. The van der Waals surface area contributed by atoms with Crippen LogP contribution < -0.4 is 16.4 Å². The van der Waals surface area contributed by atoms with Crippen LogP contribution in [-0.2, 0) is 16.1 Å². The minimum Gasteiger partial charge on any atom is -0.508 e. The number of carbonyl (C=O) groups is 2. The topological polar surface area (TPSA) is 114 Å². The van der Waals surface area contributed by atoms with Crippen molar-refractivity contribution in [2.24, 2.45) is 5.73 Å². The SMILES string of the molecule is C[C@@H](NC(=O)[C@@H](N)CCCNC(=O)OCc1ccccc1)c1ccc(O)cc1.Cl. The molecule has 0 aliphatic carbocycles. The first kappa shape index (κ1) is 24.3. The second-order valence-corrected chi connectivity index (χ2v) is 6.56. The average Bonchev–Trinajstić information content (AvgIpc) is 2.70. The molecular weight excluding hydrogens is 394 g/mol. The van der Waals surface area contributed by atoms with E-state index in [-0.39, 0.29) is 36.7 Å². The van der Waals surface area contributed by atoms with E-state index < -0.39 is 12.1 Å². The minimum atomic E-state index is -0.665. The van der Waals surface area contributed by atoms with Crippen molar-refractivity contribution in [1.82, 2.24) is 10.6 Å². The van der Waals surface area contributed by atoms with Gasteiger partial charge in [0.2, 0.25) is 5.91 Å². The number of nitrogens with one attached hydrogen (secondary N) is 2. The van der Waals surface area contributed by atoms with Crippen LogP contribution in [0, 0.1) is 0 Å². The summed E-state index contributed by atoms with van der Waals surface area (Å²) in [6, 6.07) is 15.2. The molecule has 2 rings (SSSR count). The molecule has 2 aromatic carbocycles. The van der Waals surface area contributed by atoms with Gasteiger partial charge in [-0.2, -0.15) is 0 Å². The van der Waals surface area contributed by atoms with E-state index in [4.69, 9.17) is 10.5 Å². The van der Waals surface area contributed by atoms with Crippen molar-refractivity contribution in [2.45, 2.75) is 38.5 Å². The highest BCUT2D eigenvalue weighted by Crippen LogP contribution is 2.16. The number of phenols is 1. The second kappa shape index (κ2) is 12.6. The number of alkyl carbamates (subject to hydrolysis) is 1. The maximum absolute atomic E-state index is 12.2. The van der Waals surface area contributed by atoms with Crippen molar-refractivity contribution in [3.8, 4) is 5.75 Å². The fraction of sp³-hybridized carbons (Fsp3) is 0.333. The van der Waals surface area contributed by atoms with Crippen molar-refractivity contribution >= 4 is 24.4 Å². The lowest BCUT2D eigenvalue weighted by Gasteiger charge is -2.18.